The molecule has 0 aromatic heterocycles. The van der Waals surface area contributed by atoms with Crippen molar-refractivity contribution in [3.05, 3.63) is 0 Å². The van der Waals surface area contributed by atoms with Gasteiger partial charge in [0.15, 0.2) is 0 Å². The maximum Gasteiger partial charge on any atom is 0.264 e. The van der Waals surface area contributed by atoms with Crippen LogP contribution in [0.5, 0.6) is 0 Å². The Kier molecular flexibility index (Phi) is 6.06. The first-order valence-corrected chi connectivity index (χ1v) is 8.43. The summed E-state index contributed by atoms with van der Waals surface area (Å²) in [6.45, 7) is 0.254. The number of unbranched alkanes of at least 4 members (excludes halogenated alkanes) is 2. The average molecular weight is 262 g/mol. The molecule has 1 atom stereocenters. The number of hydrogen-bond acceptors (Lipinski definition) is 5. The van der Waals surface area contributed by atoms with E-state index in [9.17, 15) is 12.6 Å². The van der Waals surface area contributed by atoms with Gasteiger partial charge in [0.2, 0.25) is 0 Å². The van der Waals surface area contributed by atoms with E-state index in [-0.39, 0.29) is 12.4 Å². The highest BCUT2D eigenvalue weighted by Crippen LogP contribution is 2.00. The van der Waals surface area contributed by atoms with Gasteiger partial charge >= 0.3 is 0 Å². The van der Waals surface area contributed by atoms with Crippen molar-refractivity contribution in [1.82, 2.24) is 0 Å². The Morgan fingerprint density at radius 1 is 1.21 bits per heavy atom. The van der Waals surface area contributed by atoms with Crippen molar-refractivity contribution in [2.75, 3.05) is 18.6 Å². The minimum atomic E-state index is -3.86. The second kappa shape index (κ2) is 5.96. The second-order valence-electron chi connectivity index (χ2n) is 2.87. The van der Waals surface area contributed by atoms with Gasteiger partial charge in [-0.3, -0.25) is 8.74 Å². The predicted molar refractivity (Wildman–Crippen MR) is 57.7 cm³/mol. The number of hydrogen-bond donors (Lipinski definition) is 1. The Bertz CT molecular complexity index is 306. The molecule has 5 nitrogen and oxygen atoms in total. The summed E-state index contributed by atoms with van der Waals surface area (Å²) in [7, 11) is -6.43. The molecule has 0 aliphatic carbocycles. The van der Waals surface area contributed by atoms with E-state index in [0.717, 1.165) is 0 Å². The van der Waals surface area contributed by atoms with Crippen LogP contribution in [0.3, 0.4) is 0 Å². The minimum absolute atomic E-state index is 0.248. The quantitative estimate of drug-likeness (QED) is 0.527. The van der Waals surface area contributed by atoms with E-state index in [1.165, 1.54) is 6.26 Å². The monoisotopic (exact) mass is 262 g/mol. The molecule has 86 valence electrons. The lowest BCUT2D eigenvalue weighted by atomic mass is 10.3. The van der Waals surface area contributed by atoms with Gasteiger partial charge in [-0.1, -0.05) is 6.42 Å². The van der Waals surface area contributed by atoms with Crippen LogP contribution in [-0.2, 0) is 34.3 Å². The fourth-order valence-corrected chi connectivity index (χ4v) is 1.97. The minimum Gasteiger partial charge on any atom is -0.290 e. The molecule has 0 spiro atoms. The molecule has 8 heteroatoms. The van der Waals surface area contributed by atoms with Crippen molar-refractivity contribution in [3.63, 3.8) is 0 Å². The van der Waals surface area contributed by atoms with E-state index in [4.69, 9.17) is 8.74 Å². The van der Waals surface area contributed by atoms with Crippen molar-refractivity contribution < 1.29 is 21.4 Å². The molecule has 0 fully saturated rings. The maximum absolute atomic E-state index is 10.8. The summed E-state index contributed by atoms with van der Waals surface area (Å²) in [4.78, 5) is 0. The number of rotatable bonds is 7. The predicted octanol–water partition coefficient (Wildman–Crippen LogP) is 0.352. The van der Waals surface area contributed by atoms with Crippen LogP contribution in [0.25, 0.3) is 0 Å². The molecule has 0 aliphatic rings. The summed E-state index contributed by atoms with van der Waals surface area (Å²) in [5.74, 6) is -0.248. The van der Waals surface area contributed by atoms with Gasteiger partial charge in [0, 0.05) is 17.4 Å². The fourth-order valence-electron chi connectivity index (χ4n) is 0.774. The largest absolute Gasteiger partial charge is 0.290 e. The van der Waals surface area contributed by atoms with Crippen molar-refractivity contribution >= 4 is 30.1 Å². The normalized spacial score (nSPS) is 16.4. The average Bonchev–Trinajstić information content (AvgIpc) is 1.92. The summed E-state index contributed by atoms with van der Waals surface area (Å²) in [5, 5.41) is 0. The second-order valence-corrected chi connectivity index (χ2v) is 7.91. The van der Waals surface area contributed by atoms with Gasteiger partial charge in [0.05, 0.1) is 12.4 Å². The molecule has 0 amide bonds. The van der Waals surface area contributed by atoms with Crippen molar-refractivity contribution in [2.24, 2.45) is 0 Å². The molecule has 0 saturated heterocycles. The Labute approximate surface area is 89.5 Å². The highest BCUT2D eigenvalue weighted by Gasteiger charge is 2.03. The molecular weight excluding hydrogens is 248 g/mol. The van der Waals surface area contributed by atoms with E-state index >= 15 is 0 Å². The van der Waals surface area contributed by atoms with Crippen LogP contribution in [0.4, 0.5) is 0 Å². The van der Waals surface area contributed by atoms with Crippen molar-refractivity contribution in [3.8, 4) is 0 Å². The first-order chi connectivity index (χ1) is 6.21. The van der Waals surface area contributed by atoms with Crippen molar-refractivity contribution in [1.29, 1.82) is 0 Å². The highest BCUT2D eigenvalue weighted by atomic mass is 32.8. The molecule has 0 rings (SSSR count). The molecule has 1 N–H and O–H groups in total. The molecule has 1 unspecified atom stereocenters. The zero-order valence-electron chi connectivity index (χ0n) is 7.84. The summed E-state index contributed by atoms with van der Waals surface area (Å²) in [5.41, 5.74) is 0. The van der Waals surface area contributed by atoms with E-state index in [1.807, 2.05) is 0 Å². The molecule has 0 bridgehead atoms. The zero-order chi connectivity index (χ0) is 11.2. The van der Waals surface area contributed by atoms with Gasteiger partial charge in [-0.05, 0) is 12.8 Å². The molecule has 14 heavy (non-hydrogen) atoms. The molecule has 0 aromatic rings. The third kappa shape index (κ3) is 12.2. The Morgan fingerprint density at radius 2 is 1.79 bits per heavy atom. The lowest BCUT2D eigenvalue weighted by molar-refractivity contribution is 0.335. The SMILES string of the molecule is CS(=O)(=S)OCCCCCS(=O)(=O)O. The highest BCUT2D eigenvalue weighted by molar-refractivity contribution is 8.29. The first-order valence-electron chi connectivity index (χ1n) is 4.00. The Balaban J connectivity index is 3.41. The van der Waals surface area contributed by atoms with Crippen LogP contribution in [0.2, 0.25) is 0 Å². The smallest absolute Gasteiger partial charge is 0.264 e. The molecule has 0 radical (unpaired) electrons. The summed E-state index contributed by atoms with van der Waals surface area (Å²) < 4.78 is 44.6. The van der Waals surface area contributed by atoms with E-state index in [0.29, 0.717) is 19.3 Å². The standard InChI is InChI=1S/C6H14O5S3/c1-13(7,12)11-5-3-2-4-6-14(8,9)10/h2-6H2,1H3,(H,8,9,10). The fraction of sp³-hybridized carbons (Fsp3) is 1.00. The van der Waals surface area contributed by atoms with Crippen LogP contribution >= 0.6 is 0 Å². The van der Waals surface area contributed by atoms with Crippen molar-refractivity contribution in [2.45, 2.75) is 19.3 Å². The Morgan fingerprint density at radius 3 is 2.21 bits per heavy atom. The maximum atomic E-state index is 10.8. The van der Waals surface area contributed by atoms with Crippen LogP contribution < -0.4 is 0 Å². The molecule has 0 aliphatic heterocycles. The van der Waals surface area contributed by atoms with Crippen LogP contribution in [0, 0.1) is 0 Å². The van der Waals surface area contributed by atoms with Gasteiger partial charge in [-0.2, -0.15) is 8.42 Å². The van der Waals surface area contributed by atoms with Crippen LogP contribution in [0.15, 0.2) is 0 Å². The van der Waals surface area contributed by atoms with Gasteiger partial charge in [-0.15, -0.1) is 0 Å². The van der Waals surface area contributed by atoms with E-state index in [2.05, 4.69) is 11.2 Å². The van der Waals surface area contributed by atoms with Crippen LogP contribution in [-0.4, -0.2) is 35.8 Å². The topological polar surface area (TPSA) is 80.7 Å². The first kappa shape index (κ1) is 14.2. The summed E-state index contributed by atoms with van der Waals surface area (Å²) in [6, 6.07) is 0. The van der Waals surface area contributed by atoms with E-state index < -0.39 is 18.9 Å². The molecule has 0 saturated carbocycles. The molecule has 0 heterocycles. The third-order valence-electron chi connectivity index (χ3n) is 1.34. The lowest BCUT2D eigenvalue weighted by Gasteiger charge is -2.02. The molecule has 0 aromatic carbocycles. The van der Waals surface area contributed by atoms with Crippen LogP contribution in [0.1, 0.15) is 19.3 Å². The van der Waals surface area contributed by atoms with Gasteiger partial charge in [0.1, 0.15) is 8.77 Å². The van der Waals surface area contributed by atoms with Gasteiger partial charge < -0.3 is 0 Å². The Hall–Kier alpha value is 0.240. The lowest BCUT2D eigenvalue weighted by Crippen LogP contribution is -2.05. The summed E-state index contributed by atoms with van der Waals surface area (Å²) in [6.07, 6.45) is 2.85. The van der Waals surface area contributed by atoms with Gasteiger partial charge in [0.25, 0.3) is 10.1 Å². The summed E-state index contributed by atoms with van der Waals surface area (Å²) >= 11 is 4.49. The zero-order valence-corrected chi connectivity index (χ0v) is 10.3. The third-order valence-corrected chi connectivity index (χ3v) is 3.03. The molecular formula is C6H14O5S3. The van der Waals surface area contributed by atoms with Gasteiger partial charge in [-0.25, -0.2) is 4.21 Å². The van der Waals surface area contributed by atoms with E-state index in [1.54, 1.807) is 0 Å².